The average molecular weight is 341 g/mol. The molecule has 110 valence electrons. The lowest BCUT2D eigenvalue weighted by atomic mass is 9.98. The fourth-order valence-corrected chi connectivity index (χ4v) is 2.95. The van der Waals surface area contributed by atoms with Crippen molar-refractivity contribution >= 4 is 27.7 Å². The van der Waals surface area contributed by atoms with E-state index in [0.717, 1.165) is 35.6 Å². The fraction of sp³-hybridized carbons (Fsp3) is 0.643. The highest BCUT2D eigenvalue weighted by Crippen LogP contribution is 2.28. The summed E-state index contributed by atoms with van der Waals surface area (Å²) in [6, 6.07) is 1.89. The fourth-order valence-electron chi connectivity index (χ4n) is 2.54. The van der Waals surface area contributed by atoms with Gasteiger partial charge in [0.25, 0.3) is 0 Å². The van der Waals surface area contributed by atoms with E-state index in [1.807, 2.05) is 27.0 Å². The van der Waals surface area contributed by atoms with Crippen LogP contribution in [0.5, 0.6) is 0 Å². The standard InChI is InChI=1S/C14H21BrN4O/c1-5-6-11-16-10(15)9-12(17-11)19-8-7-18(4)13(20)14(19,2)3/h9H,5-8H2,1-4H3. The van der Waals surface area contributed by atoms with Crippen LogP contribution in [0.15, 0.2) is 10.7 Å². The number of aryl methyl sites for hydroxylation is 1. The monoisotopic (exact) mass is 340 g/mol. The number of nitrogens with zero attached hydrogens (tertiary/aromatic N) is 4. The van der Waals surface area contributed by atoms with E-state index in [-0.39, 0.29) is 5.91 Å². The van der Waals surface area contributed by atoms with Crippen molar-refractivity contribution in [3.05, 3.63) is 16.5 Å². The highest BCUT2D eigenvalue weighted by atomic mass is 79.9. The molecule has 20 heavy (non-hydrogen) atoms. The van der Waals surface area contributed by atoms with Crippen molar-refractivity contribution in [3.63, 3.8) is 0 Å². The van der Waals surface area contributed by atoms with Crippen LogP contribution in [-0.2, 0) is 11.2 Å². The molecule has 0 spiro atoms. The van der Waals surface area contributed by atoms with Crippen LogP contribution in [0.2, 0.25) is 0 Å². The number of anilines is 1. The first-order chi connectivity index (χ1) is 9.36. The van der Waals surface area contributed by atoms with Crippen LogP contribution < -0.4 is 4.90 Å². The predicted molar refractivity (Wildman–Crippen MR) is 82.8 cm³/mol. The number of aromatic nitrogens is 2. The van der Waals surface area contributed by atoms with Gasteiger partial charge in [0.1, 0.15) is 21.8 Å². The lowest BCUT2D eigenvalue weighted by molar-refractivity contribution is -0.136. The summed E-state index contributed by atoms with van der Waals surface area (Å²) in [4.78, 5) is 25.2. The van der Waals surface area contributed by atoms with Crippen LogP contribution >= 0.6 is 15.9 Å². The third kappa shape index (κ3) is 2.80. The van der Waals surface area contributed by atoms with Gasteiger partial charge in [0.05, 0.1) is 0 Å². The minimum atomic E-state index is -0.579. The summed E-state index contributed by atoms with van der Waals surface area (Å²) in [6.07, 6.45) is 1.84. The molecule has 1 saturated heterocycles. The molecule has 2 heterocycles. The second kappa shape index (κ2) is 5.68. The molecule has 6 heteroatoms. The lowest BCUT2D eigenvalue weighted by Crippen LogP contribution is -2.62. The van der Waals surface area contributed by atoms with Crippen molar-refractivity contribution in [2.75, 3.05) is 25.0 Å². The molecule has 1 fully saturated rings. The summed E-state index contributed by atoms with van der Waals surface area (Å²) in [5.41, 5.74) is -0.579. The van der Waals surface area contributed by atoms with Crippen molar-refractivity contribution in [1.82, 2.24) is 14.9 Å². The van der Waals surface area contributed by atoms with Crippen LogP contribution in [0.3, 0.4) is 0 Å². The maximum Gasteiger partial charge on any atom is 0.247 e. The minimum absolute atomic E-state index is 0.121. The zero-order valence-electron chi connectivity index (χ0n) is 12.5. The van der Waals surface area contributed by atoms with Gasteiger partial charge in [-0.2, -0.15) is 0 Å². The Bertz CT molecular complexity index is 518. The number of carbonyl (C=O) groups is 1. The zero-order chi connectivity index (χ0) is 14.9. The average Bonchev–Trinajstić information content (AvgIpc) is 2.36. The van der Waals surface area contributed by atoms with E-state index in [1.54, 1.807) is 4.90 Å². The number of halogens is 1. The SMILES string of the molecule is CCCc1nc(Br)cc(N2CCN(C)C(=O)C2(C)C)n1. The molecule has 0 atom stereocenters. The van der Waals surface area contributed by atoms with Gasteiger partial charge < -0.3 is 9.80 Å². The number of hydrogen-bond donors (Lipinski definition) is 0. The Kier molecular flexibility index (Phi) is 4.32. The van der Waals surface area contributed by atoms with Gasteiger partial charge in [0.2, 0.25) is 5.91 Å². The molecule has 0 unspecified atom stereocenters. The molecule has 1 aliphatic heterocycles. The van der Waals surface area contributed by atoms with Gasteiger partial charge in [-0.05, 0) is 36.2 Å². The van der Waals surface area contributed by atoms with Crippen molar-refractivity contribution < 1.29 is 4.79 Å². The van der Waals surface area contributed by atoms with Crippen molar-refractivity contribution in [3.8, 4) is 0 Å². The van der Waals surface area contributed by atoms with Gasteiger partial charge in [0.15, 0.2) is 0 Å². The number of hydrogen-bond acceptors (Lipinski definition) is 4. The quantitative estimate of drug-likeness (QED) is 0.792. The highest BCUT2D eigenvalue weighted by Gasteiger charge is 2.41. The molecule has 5 nitrogen and oxygen atoms in total. The molecule has 2 rings (SSSR count). The summed E-state index contributed by atoms with van der Waals surface area (Å²) >= 11 is 3.44. The molecule has 0 saturated carbocycles. The molecule has 1 aliphatic rings. The molecule has 1 amide bonds. The maximum atomic E-state index is 12.4. The van der Waals surface area contributed by atoms with Gasteiger partial charge in [0, 0.05) is 32.6 Å². The second-order valence-electron chi connectivity index (χ2n) is 5.65. The summed E-state index contributed by atoms with van der Waals surface area (Å²) in [7, 11) is 1.85. The first-order valence-electron chi connectivity index (χ1n) is 6.93. The van der Waals surface area contributed by atoms with Crippen LogP contribution in [0.4, 0.5) is 5.82 Å². The molecule has 0 aliphatic carbocycles. The van der Waals surface area contributed by atoms with E-state index in [9.17, 15) is 4.79 Å². The Morgan fingerprint density at radius 1 is 1.35 bits per heavy atom. The predicted octanol–water partition coefficient (Wildman–Crippen LogP) is 2.25. The van der Waals surface area contributed by atoms with E-state index in [4.69, 9.17) is 0 Å². The molecular weight excluding hydrogens is 320 g/mol. The van der Waals surface area contributed by atoms with Crippen molar-refractivity contribution in [2.45, 2.75) is 39.2 Å². The smallest absolute Gasteiger partial charge is 0.247 e. The second-order valence-corrected chi connectivity index (χ2v) is 6.46. The van der Waals surface area contributed by atoms with E-state index in [0.29, 0.717) is 6.54 Å². The molecule has 0 bridgehead atoms. The van der Waals surface area contributed by atoms with Gasteiger partial charge in [-0.15, -0.1) is 0 Å². The maximum absolute atomic E-state index is 12.4. The van der Waals surface area contributed by atoms with Crippen molar-refractivity contribution in [1.29, 1.82) is 0 Å². The number of likely N-dealkylation sites (N-methyl/N-ethyl adjacent to an activating group) is 1. The summed E-state index contributed by atoms with van der Waals surface area (Å²) in [5.74, 6) is 1.76. The van der Waals surface area contributed by atoms with Crippen LogP contribution in [0.1, 0.15) is 33.0 Å². The summed E-state index contributed by atoms with van der Waals surface area (Å²) in [6.45, 7) is 7.49. The lowest BCUT2D eigenvalue weighted by Gasteiger charge is -2.45. The minimum Gasteiger partial charge on any atom is -0.342 e. The molecular formula is C14H21BrN4O. The Balaban J connectivity index is 2.37. The third-order valence-electron chi connectivity index (χ3n) is 3.68. The van der Waals surface area contributed by atoms with Gasteiger partial charge in [-0.25, -0.2) is 9.97 Å². The number of piperazine rings is 1. The van der Waals surface area contributed by atoms with Crippen LogP contribution in [-0.4, -0.2) is 46.5 Å². The summed E-state index contributed by atoms with van der Waals surface area (Å²) < 4.78 is 0.771. The van der Waals surface area contributed by atoms with Gasteiger partial charge >= 0.3 is 0 Å². The van der Waals surface area contributed by atoms with E-state index >= 15 is 0 Å². The Labute approximate surface area is 128 Å². The van der Waals surface area contributed by atoms with E-state index in [1.165, 1.54) is 0 Å². The number of amides is 1. The Morgan fingerprint density at radius 3 is 2.70 bits per heavy atom. The first kappa shape index (κ1) is 15.2. The third-order valence-corrected chi connectivity index (χ3v) is 4.09. The van der Waals surface area contributed by atoms with Crippen LogP contribution in [0, 0.1) is 0 Å². The largest absolute Gasteiger partial charge is 0.342 e. The van der Waals surface area contributed by atoms with E-state index < -0.39 is 5.54 Å². The Hall–Kier alpha value is -1.17. The highest BCUT2D eigenvalue weighted by molar-refractivity contribution is 9.10. The molecule has 0 aromatic carbocycles. The first-order valence-corrected chi connectivity index (χ1v) is 7.72. The summed E-state index contributed by atoms with van der Waals surface area (Å²) in [5, 5.41) is 0. The zero-order valence-corrected chi connectivity index (χ0v) is 14.1. The number of rotatable bonds is 3. The normalized spacial score (nSPS) is 18.6. The van der Waals surface area contributed by atoms with Crippen LogP contribution in [0.25, 0.3) is 0 Å². The molecule has 0 N–H and O–H groups in total. The van der Waals surface area contributed by atoms with E-state index in [2.05, 4.69) is 37.7 Å². The Morgan fingerprint density at radius 2 is 2.05 bits per heavy atom. The molecule has 1 aromatic heterocycles. The molecule has 1 aromatic rings. The van der Waals surface area contributed by atoms with Gasteiger partial charge in [-0.1, -0.05) is 6.92 Å². The molecule has 0 radical (unpaired) electrons. The van der Waals surface area contributed by atoms with Crippen molar-refractivity contribution in [2.24, 2.45) is 0 Å². The topological polar surface area (TPSA) is 49.3 Å². The number of carbonyl (C=O) groups excluding carboxylic acids is 1. The van der Waals surface area contributed by atoms with Gasteiger partial charge in [-0.3, -0.25) is 4.79 Å².